The molecule has 0 bridgehead atoms. The van der Waals surface area contributed by atoms with Crippen molar-refractivity contribution < 1.29 is 14.7 Å². The molecule has 0 aliphatic rings. The highest BCUT2D eigenvalue weighted by Crippen LogP contribution is 2.19. The minimum Gasteiger partial charge on any atom is -0.388 e. The van der Waals surface area contributed by atoms with Crippen molar-refractivity contribution in [3.05, 3.63) is 34.9 Å². The van der Waals surface area contributed by atoms with Crippen LogP contribution in [0.25, 0.3) is 0 Å². The first-order valence-electron chi connectivity index (χ1n) is 7.54. The van der Waals surface area contributed by atoms with Gasteiger partial charge in [0.1, 0.15) is 0 Å². The third-order valence-corrected chi connectivity index (χ3v) is 4.31. The molecule has 22 heavy (non-hydrogen) atoms. The van der Waals surface area contributed by atoms with E-state index in [1.54, 1.807) is 31.2 Å². The molecule has 5 heteroatoms. The monoisotopic (exact) mass is 325 g/mol. The first-order valence-corrected chi connectivity index (χ1v) is 7.92. The van der Waals surface area contributed by atoms with Gasteiger partial charge in [0.2, 0.25) is 5.91 Å². The molecule has 2 unspecified atom stereocenters. The van der Waals surface area contributed by atoms with Crippen molar-refractivity contribution in [2.24, 2.45) is 5.92 Å². The number of aliphatic hydroxyl groups is 1. The van der Waals surface area contributed by atoms with Crippen molar-refractivity contribution in [3.8, 4) is 0 Å². The molecule has 0 spiro atoms. The molecular formula is C17H24ClNO3. The van der Waals surface area contributed by atoms with Crippen LogP contribution in [-0.2, 0) is 4.79 Å². The zero-order valence-electron chi connectivity index (χ0n) is 13.4. The molecule has 0 heterocycles. The predicted molar refractivity (Wildman–Crippen MR) is 88.1 cm³/mol. The summed E-state index contributed by atoms with van der Waals surface area (Å²) >= 11 is 5.77. The number of amides is 1. The summed E-state index contributed by atoms with van der Waals surface area (Å²) in [6.45, 7) is 5.83. The van der Waals surface area contributed by atoms with Crippen LogP contribution in [0.1, 0.15) is 50.4 Å². The molecule has 1 rings (SSSR count). The fraction of sp³-hybridized carbons (Fsp3) is 0.529. The number of halogens is 1. The summed E-state index contributed by atoms with van der Waals surface area (Å²) in [4.78, 5) is 23.7. The van der Waals surface area contributed by atoms with Gasteiger partial charge in [0.25, 0.3) is 0 Å². The number of hydrogen-bond acceptors (Lipinski definition) is 3. The van der Waals surface area contributed by atoms with Gasteiger partial charge in [0.15, 0.2) is 5.78 Å². The number of ketones is 1. The van der Waals surface area contributed by atoms with Crippen LogP contribution in [-0.4, -0.2) is 28.9 Å². The van der Waals surface area contributed by atoms with Gasteiger partial charge in [-0.3, -0.25) is 9.59 Å². The Morgan fingerprint density at radius 2 is 1.86 bits per heavy atom. The lowest BCUT2D eigenvalue weighted by molar-refractivity contribution is -0.122. The molecular weight excluding hydrogens is 302 g/mol. The third-order valence-electron chi connectivity index (χ3n) is 4.06. The van der Waals surface area contributed by atoms with Gasteiger partial charge in [-0.25, -0.2) is 0 Å². The Labute approximate surface area is 136 Å². The Kier molecular flexibility index (Phi) is 7.04. The van der Waals surface area contributed by atoms with Gasteiger partial charge in [0.05, 0.1) is 5.60 Å². The molecule has 0 aliphatic heterocycles. The molecule has 4 nitrogen and oxygen atoms in total. The lowest BCUT2D eigenvalue weighted by atomic mass is 9.88. The van der Waals surface area contributed by atoms with E-state index in [1.165, 1.54) is 0 Å². The van der Waals surface area contributed by atoms with E-state index in [-0.39, 0.29) is 37.0 Å². The first kappa shape index (κ1) is 18.7. The molecule has 0 aromatic heterocycles. The van der Waals surface area contributed by atoms with Gasteiger partial charge in [-0.2, -0.15) is 0 Å². The number of rotatable bonds is 8. The summed E-state index contributed by atoms with van der Waals surface area (Å²) in [5.41, 5.74) is -0.395. The van der Waals surface area contributed by atoms with Crippen LogP contribution in [0.15, 0.2) is 24.3 Å². The number of hydrogen-bond donors (Lipinski definition) is 2. The van der Waals surface area contributed by atoms with Crippen molar-refractivity contribution in [1.29, 1.82) is 0 Å². The quantitative estimate of drug-likeness (QED) is 0.721. The summed E-state index contributed by atoms with van der Waals surface area (Å²) in [5.74, 6) is -0.241. The topological polar surface area (TPSA) is 66.4 Å². The minimum atomic E-state index is -0.940. The van der Waals surface area contributed by atoms with Crippen LogP contribution in [0.3, 0.4) is 0 Å². The van der Waals surface area contributed by atoms with E-state index in [4.69, 9.17) is 11.6 Å². The fourth-order valence-corrected chi connectivity index (χ4v) is 2.11. The maximum atomic E-state index is 11.9. The summed E-state index contributed by atoms with van der Waals surface area (Å²) < 4.78 is 0. The molecule has 0 saturated carbocycles. The molecule has 1 aromatic rings. The Hall–Kier alpha value is -1.39. The van der Waals surface area contributed by atoms with E-state index >= 15 is 0 Å². The van der Waals surface area contributed by atoms with Crippen molar-refractivity contribution in [2.45, 2.75) is 45.6 Å². The maximum absolute atomic E-state index is 11.9. The molecule has 0 fully saturated rings. The SMILES string of the molecule is CCC(C)C(C)(O)CNC(=O)CCC(=O)c1ccc(Cl)cc1. The normalized spacial score (nSPS) is 15.0. The third kappa shape index (κ3) is 5.78. The van der Waals surface area contributed by atoms with E-state index in [0.29, 0.717) is 10.6 Å². The predicted octanol–water partition coefficient (Wildman–Crippen LogP) is 3.22. The maximum Gasteiger partial charge on any atom is 0.220 e. The summed E-state index contributed by atoms with van der Waals surface area (Å²) in [6, 6.07) is 6.60. The summed E-state index contributed by atoms with van der Waals surface area (Å²) in [5, 5.41) is 13.5. The van der Waals surface area contributed by atoms with Crippen LogP contribution in [0.4, 0.5) is 0 Å². The molecule has 0 saturated heterocycles. The van der Waals surface area contributed by atoms with Crippen molar-refractivity contribution in [3.63, 3.8) is 0 Å². The Morgan fingerprint density at radius 1 is 1.27 bits per heavy atom. The molecule has 1 aromatic carbocycles. The van der Waals surface area contributed by atoms with E-state index in [2.05, 4.69) is 5.32 Å². The van der Waals surface area contributed by atoms with E-state index in [1.807, 2.05) is 13.8 Å². The van der Waals surface area contributed by atoms with Crippen LogP contribution in [0, 0.1) is 5.92 Å². The molecule has 0 aliphatic carbocycles. The summed E-state index contributed by atoms with van der Waals surface area (Å²) in [6.07, 6.45) is 1.08. The number of Topliss-reactive ketones (excluding diaryl/α,β-unsaturated/α-hetero) is 1. The van der Waals surface area contributed by atoms with Gasteiger partial charge < -0.3 is 10.4 Å². The number of benzene rings is 1. The second-order valence-electron chi connectivity index (χ2n) is 5.87. The zero-order valence-corrected chi connectivity index (χ0v) is 14.1. The van der Waals surface area contributed by atoms with Gasteiger partial charge in [-0.15, -0.1) is 0 Å². The van der Waals surface area contributed by atoms with Crippen LogP contribution >= 0.6 is 11.6 Å². The Balaban J connectivity index is 2.40. The van der Waals surface area contributed by atoms with Gasteiger partial charge >= 0.3 is 0 Å². The van der Waals surface area contributed by atoms with Gasteiger partial charge in [-0.05, 0) is 37.1 Å². The van der Waals surface area contributed by atoms with Gasteiger partial charge in [-0.1, -0.05) is 31.9 Å². The van der Waals surface area contributed by atoms with E-state index in [9.17, 15) is 14.7 Å². The number of carbonyl (C=O) groups is 2. The minimum absolute atomic E-state index is 0.0866. The highest BCUT2D eigenvalue weighted by Gasteiger charge is 2.27. The molecule has 2 N–H and O–H groups in total. The molecule has 122 valence electrons. The molecule has 0 radical (unpaired) electrons. The lowest BCUT2D eigenvalue weighted by Crippen LogP contribution is -2.45. The standard InChI is InChI=1S/C17H24ClNO3/c1-4-12(2)17(3,22)11-19-16(21)10-9-15(20)13-5-7-14(18)8-6-13/h5-8,12,22H,4,9-11H2,1-3H3,(H,19,21). The van der Waals surface area contributed by atoms with E-state index in [0.717, 1.165) is 6.42 Å². The Morgan fingerprint density at radius 3 is 2.41 bits per heavy atom. The van der Waals surface area contributed by atoms with E-state index < -0.39 is 5.60 Å². The highest BCUT2D eigenvalue weighted by atomic mass is 35.5. The molecule has 2 atom stereocenters. The van der Waals surface area contributed by atoms with Crippen LogP contribution < -0.4 is 5.32 Å². The highest BCUT2D eigenvalue weighted by molar-refractivity contribution is 6.30. The average Bonchev–Trinajstić information content (AvgIpc) is 2.50. The second-order valence-corrected chi connectivity index (χ2v) is 6.31. The van der Waals surface area contributed by atoms with Crippen molar-refractivity contribution in [2.75, 3.05) is 6.54 Å². The first-order chi connectivity index (χ1) is 10.3. The number of carbonyl (C=O) groups excluding carboxylic acids is 2. The zero-order chi connectivity index (χ0) is 16.8. The number of nitrogens with one attached hydrogen (secondary N) is 1. The second kappa shape index (κ2) is 8.30. The van der Waals surface area contributed by atoms with Crippen LogP contribution in [0.5, 0.6) is 0 Å². The Bertz CT molecular complexity index is 511. The lowest BCUT2D eigenvalue weighted by Gasteiger charge is -2.29. The molecule has 1 amide bonds. The summed E-state index contributed by atoms with van der Waals surface area (Å²) in [7, 11) is 0. The fourth-order valence-electron chi connectivity index (χ4n) is 1.99. The largest absolute Gasteiger partial charge is 0.388 e. The van der Waals surface area contributed by atoms with Gasteiger partial charge in [0, 0.05) is 30.0 Å². The average molecular weight is 326 g/mol. The van der Waals surface area contributed by atoms with Crippen molar-refractivity contribution >= 4 is 23.3 Å². The van der Waals surface area contributed by atoms with Crippen LogP contribution in [0.2, 0.25) is 5.02 Å². The van der Waals surface area contributed by atoms with Crippen molar-refractivity contribution in [1.82, 2.24) is 5.32 Å². The smallest absolute Gasteiger partial charge is 0.220 e.